The van der Waals surface area contributed by atoms with Crippen LogP contribution in [0.4, 0.5) is 4.39 Å². The summed E-state index contributed by atoms with van der Waals surface area (Å²) in [7, 11) is 0. The average Bonchev–Trinajstić information content (AvgIpc) is 2.36. The molecule has 92 valence electrons. The van der Waals surface area contributed by atoms with Gasteiger partial charge in [-0.3, -0.25) is 4.79 Å². The van der Waals surface area contributed by atoms with E-state index >= 15 is 0 Å². The molecule has 1 aromatic carbocycles. The maximum atomic E-state index is 13.3. The lowest BCUT2D eigenvalue weighted by molar-refractivity contribution is -0.117. The number of halogens is 2. The third-order valence-corrected chi connectivity index (χ3v) is 6.26. The monoisotopic (exact) mass is 334 g/mol. The smallest absolute Gasteiger partial charge is 0.151 e. The number of ketones is 1. The van der Waals surface area contributed by atoms with E-state index in [4.69, 9.17) is 0 Å². The fourth-order valence-corrected chi connectivity index (χ4v) is 4.71. The molecule has 1 fully saturated rings. The van der Waals surface area contributed by atoms with Gasteiger partial charge in [0.15, 0.2) is 5.78 Å². The Morgan fingerprint density at radius 1 is 1.47 bits per heavy atom. The van der Waals surface area contributed by atoms with Gasteiger partial charge in [-0.2, -0.15) is 11.8 Å². The predicted molar refractivity (Wildman–Crippen MR) is 76.4 cm³/mol. The number of benzene rings is 1. The molecule has 0 spiro atoms. The molecule has 0 radical (unpaired) electrons. The molecule has 17 heavy (non-hydrogen) atoms. The molecule has 1 aromatic rings. The van der Waals surface area contributed by atoms with Gasteiger partial charge in [0.2, 0.25) is 0 Å². The lowest BCUT2D eigenvalue weighted by Gasteiger charge is -2.19. The van der Waals surface area contributed by atoms with E-state index in [1.165, 1.54) is 6.07 Å². The van der Waals surface area contributed by atoms with Crippen molar-refractivity contribution in [1.82, 2.24) is 0 Å². The molecule has 0 N–H and O–H groups in total. The summed E-state index contributed by atoms with van der Waals surface area (Å²) in [4.78, 5) is 12.1. The van der Waals surface area contributed by atoms with E-state index in [1.54, 1.807) is 23.9 Å². The van der Waals surface area contributed by atoms with Gasteiger partial charge in [0.1, 0.15) is 5.82 Å². The van der Waals surface area contributed by atoms with Crippen LogP contribution in [0.2, 0.25) is 0 Å². The van der Waals surface area contributed by atoms with Crippen LogP contribution in [0.3, 0.4) is 0 Å². The number of Topliss-reactive ketones (excluding diaryl/α,β-unsaturated/α-hetero) is 1. The molecule has 0 amide bonds. The van der Waals surface area contributed by atoms with E-state index in [-0.39, 0.29) is 16.9 Å². The van der Waals surface area contributed by atoms with E-state index in [1.807, 2.05) is 11.8 Å². The lowest BCUT2D eigenvalue weighted by Crippen LogP contribution is -2.25. The first-order valence-electron chi connectivity index (χ1n) is 5.33. The van der Waals surface area contributed by atoms with Crippen LogP contribution >= 0.6 is 39.5 Å². The Hall–Kier alpha value is -0.000000000000000222. The van der Waals surface area contributed by atoms with Crippen molar-refractivity contribution in [3.05, 3.63) is 34.1 Å². The van der Waals surface area contributed by atoms with E-state index in [0.717, 1.165) is 22.8 Å². The molecule has 0 bridgehead atoms. The zero-order chi connectivity index (χ0) is 12.3. The third kappa shape index (κ3) is 3.48. The Morgan fingerprint density at radius 2 is 2.29 bits per heavy atom. The van der Waals surface area contributed by atoms with Gasteiger partial charge in [-0.25, -0.2) is 4.39 Å². The molecule has 1 saturated heterocycles. The summed E-state index contributed by atoms with van der Waals surface area (Å²) in [5.74, 6) is 2.94. The van der Waals surface area contributed by atoms with Crippen LogP contribution < -0.4 is 0 Å². The molecule has 1 unspecified atom stereocenters. The van der Waals surface area contributed by atoms with Crippen molar-refractivity contribution in [1.29, 1.82) is 0 Å². The van der Waals surface area contributed by atoms with Crippen LogP contribution in [0.15, 0.2) is 22.7 Å². The van der Waals surface area contributed by atoms with Crippen LogP contribution in [-0.4, -0.2) is 28.3 Å². The van der Waals surface area contributed by atoms with Gasteiger partial charge in [-0.15, -0.1) is 11.8 Å². The number of hydrogen-bond acceptors (Lipinski definition) is 3. The van der Waals surface area contributed by atoms with Gasteiger partial charge in [-0.1, -0.05) is 12.1 Å². The van der Waals surface area contributed by atoms with Crippen LogP contribution in [0.5, 0.6) is 0 Å². The summed E-state index contributed by atoms with van der Waals surface area (Å²) in [6.07, 6.45) is 0.316. The first-order valence-corrected chi connectivity index (χ1v) is 8.33. The number of hydrogen-bond donors (Lipinski definition) is 0. The quantitative estimate of drug-likeness (QED) is 0.841. The van der Waals surface area contributed by atoms with Crippen molar-refractivity contribution >= 4 is 45.2 Å². The first kappa shape index (κ1) is 13.4. The Labute approximate surface area is 117 Å². The van der Waals surface area contributed by atoms with Gasteiger partial charge in [0.25, 0.3) is 0 Å². The molecular weight excluding hydrogens is 323 g/mol. The van der Waals surface area contributed by atoms with Crippen molar-refractivity contribution in [2.24, 2.45) is 0 Å². The predicted octanol–water partition coefficient (Wildman–Crippen LogP) is 3.55. The van der Waals surface area contributed by atoms with Gasteiger partial charge in [0, 0.05) is 23.7 Å². The Balaban J connectivity index is 2.04. The van der Waals surface area contributed by atoms with Gasteiger partial charge < -0.3 is 0 Å². The minimum absolute atomic E-state index is 0.0731. The number of thioether (sulfide) groups is 2. The Bertz CT molecular complexity index is 419. The molecule has 1 aliphatic rings. The average molecular weight is 335 g/mol. The lowest BCUT2D eigenvalue weighted by atomic mass is 10.1. The highest BCUT2D eigenvalue weighted by atomic mass is 79.9. The minimum atomic E-state index is -0.305. The van der Waals surface area contributed by atoms with Gasteiger partial charge >= 0.3 is 0 Å². The number of carbonyl (C=O) groups excluding carboxylic acids is 1. The minimum Gasteiger partial charge on any atom is -0.298 e. The molecule has 0 aromatic heterocycles. The molecule has 1 atom stereocenters. The second-order valence-corrected chi connectivity index (χ2v) is 7.04. The highest BCUT2D eigenvalue weighted by molar-refractivity contribution is 9.10. The van der Waals surface area contributed by atoms with E-state index in [9.17, 15) is 9.18 Å². The molecule has 1 nitrogen and oxygen atoms in total. The largest absolute Gasteiger partial charge is 0.298 e. The van der Waals surface area contributed by atoms with E-state index < -0.39 is 0 Å². The highest BCUT2D eigenvalue weighted by Gasteiger charge is 2.23. The molecule has 2 rings (SSSR count). The highest BCUT2D eigenvalue weighted by Crippen LogP contribution is 2.27. The first-order chi connectivity index (χ1) is 8.18. The molecule has 0 aliphatic carbocycles. The van der Waals surface area contributed by atoms with Crippen molar-refractivity contribution in [2.75, 3.05) is 17.3 Å². The summed E-state index contributed by atoms with van der Waals surface area (Å²) < 4.78 is 13.7. The molecule has 1 heterocycles. The normalized spacial score (nSPS) is 20.2. The molecule has 1 aliphatic heterocycles. The van der Waals surface area contributed by atoms with Crippen LogP contribution in [0.1, 0.15) is 5.56 Å². The van der Waals surface area contributed by atoms with Crippen LogP contribution in [0.25, 0.3) is 0 Å². The zero-order valence-electron chi connectivity index (χ0n) is 9.12. The summed E-state index contributed by atoms with van der Waals surface area (Å²) in [6.45, 7) is 0. The molecule has 5 heteroatoms. The maximum absolute atomic E-state index is 13.3. The Morgan fingerprint density at radius 3 is 3.00 bits per heavy atom. The standard InChI is InChI=1S/C12H12BrFOS2/c13-12-8(2-1-3-9(12)14)6-10(15)11-7-16-4-5-17-11/h1-3,11H,4-7H2. The van der Waals surface area contributed by atoms with Crippen molar-refractivity contribution in [3.8, 4) is 0 Å². The molecule has 0 saturated carbocycles. The van der Waals surface area contributed by atoms with E-state index in [2.05, 4.69) is 15.9 Å². The van der Waals surface area contributed by atoms with Crippen LogP contribution in [0, 0.1) is 5.82 Å². The number of rotatable bonds is 3. The fraction of sp³-hybridized carbons (Fsp3) is 0.417. The van der Waals surface area contributed by atoms with Crippen molar-refractivity contribution in [2.45, 2.75) is 11.7 Å². The summed E-state index contributed by atoms with van der Waals surface area (Å²) in [5, 5.41) is 0.0731. The topological polar surface area (TPSA) is 17.1 Å². The van der Waals surface area contributed by atoms with Gasteiger partial charge in [0.05, 0.1) is 9.72 Å². The second-order valence-electron chi connectivity index (χ2n) is 3.79. The fourth-order valence-electron chi connectivity index (χ4n) is 1.66. The zero-order valence-corrected chi connectivity index (χ0v) is 12.3. The number of carbonyl (C=O) groups is 1. The van der Waals surface area contributed by atoms with Crippen LogP contribution in [-0.2, 0) is 11.2 Å². The summed E-state index contributed by atoms with van der Waals surface area (Å²) >= 11 is 6.74. The Kier molecular flexibility index (Phi) is 4.94. The van der Waals surface area contributed by atoms with Crippen molar-refractivity contribution in [3.63, 3.8) is 0 Å². The third-order valence-electron chi connectivity index (χ3n) is 2.57. The summed E-state index contributed by atoms with van der Waals surface area (Å²) in [5.41, 5.74) is 0.742. The summed E-state index contributed by atoms with van der Waals surface area (Å²) in [6, 6.07) is 4.83. The van der Waals surface area contributed by atoms with Gasteiger partial charge in [-0.05, 0) is 27.6 Å². The second kappa shape index (κ2) is 6.25. The SMILES string of the molecule is O=C(Cc1cccc(F)c1Br)C1CSCCS1. The van der Waals surface area contributed by atoms with E-state index in [0.29, 0.717) is 10.9 Å². The molecular formula is C12H12BrFOS2. The van der Waals surface area contributed by atoms with Crippen molar-refractivity contribution < 1.29 is 9.18 Å². The maximum Gasteiger partial charge on any atom is 0.151 e.